The maximum atomic E-state index is 12.1. The van der Waals surface area contributed by atoms with Crippen LogP contribution in [0, 0.1) is 6.92 Å². The summed E-state index contributed by atoms with van der Waals surface area (Å²) in [5.41, 5.74) is 1.73. The maximum absolute atomic E-state index is 12.1. The number of amides is 2. The molecule has 114 valence electrons. The molecule has 3 heterocycles. The lowest BCUT2D eigenvalue weighted by Crippen LogP contribution is -2.39. The first-order chi connectivity index (χ1) is 10.7. The molecule has 3 rings (SSSR count). The molecule has 1 aliphatic heterocycles. The van der Waals surface area contributed by atoms with Crippen molar-refractivity contribution in [2.45, 2.75) is 19.4 Å². The number of anilines is 2. The lowest BCUT2D eigenvalue weighted by atomic mass is 10.2. The topological polar surface area (TPSA) is 70.2 Å². The number of rotatable bonds is 3. The molecule has 6 nitrogen and oxygen atoms in total. The molecule has 2 aromatic rings. The summed E-state index contributed by atoms with van der Waals surface area (Å²) < 4.78 is 0. The van der Waals surface area contributed by atoms with E-state index >= 15 is 0 Å². The normalized spacial score (nSPS) is 17.3. The van der Waals surface area contributed by atoms with Crippen LogP contribution >= 0.6 is 0 Å². The van der Waals surface area contributed by atoms with Crippen molar-refractivity contribution in [3.05, 3.63) is 48.4 Å². The average Bonchev–Trinajstić information content (AvgIpc) is 2.99. The summed E-state index contributed by atoms with van der Waals surface area (Å²) in [5.74, 6) is 0.954. The van der Waals surface area contributed by atoms with Crippen molar-refractivity contribution in [3.8, 4) is 0 Å². The number of hydrogen-bond donors (Lipinski definition) is 2. The predicted molar refractivity (Wildman–Crippen MR) is 86.0 cm³/mol. The van der Waals surface area contributed by atoms with Crippen LogP contribution in [0.15, 0.2) is 42.9 Å². The third kappa shape index (κ3) is 3.33. The standard InChI is InChI=1S/C16H19N5O/c1-12-5-8-17-10-14(12)20-16(22)19-13-6-9-21(11-13)15-4-2-3-7-18-15/h2-5,7-8,10,13H,6,9,11H2,1H3,(H2,19,20,22)/t13-/m1/s1. The number of pyridine rings is 2. The SMILES string of the molecule is Cc1ccncc1NC(=O)N[C@@H]1CCN(c2ccccn2)C1. The number of nitrogens with zero attached hydrogens (tertiary/aromatic N) is 3. The number of carbonyl (C=O) groups excluding carboxylic acids is 1. The van der Waals surface area contributed by atoms with Gasteiger partial charge in [-0.1, -0.05) is 6.07 Å². The summed E-state index contributed by atoms with van der Waals surface area (Å²) in [7, 11) is 0. The van der Waals surface area contributed by atoms with E-state index in [1.807, 2.05) is 31.2 Å². The van der Waals surface area contributed by atoms with E-state index in [1.54, 1.807) is 18.6 Å². The molecule has 0 unspecified atom stereocenters. The Hall–Kier alpha value is -2.63. The van der Waals surface area contributed by atoms with Crippen LogP contribution in [0.3, 0.4) is 0 Å². The molecule has 2 aromatic heterocycles. The van der Waals surface area contributed by atoms with Gasteiger partial charge in [-0.2, -0.15) is 0 Å². The Kier molecular flexibility index (Phi) is 4.18. The average molecular weight is 297 g/mol. The van der Waals surface area contributed by atoms with E-state index in [0.29, 0.717) is 0 Å². The van der Waals surface area contributed by atoms with Crippen molar-refractivity contribution >= 4 is 17.5 Å². The van der Waals surface area contributed by atoms with Crippen molar-refractivity contribution in [2.24, 2.45) is 0 Å². The molecule has 0 spiro atoms. The molecule has 1 saturated heterocycles. The van der Waals surface area contributed by atoms with Crippen molar-refractivity contribution in [3.63, 3.8) is 0 Å². The van der Waals surface area contributed by atoms with E-state index in [1.165, 1.54) is 0 Å². The highest BCUT2D eigenvalue weighted by Crippen LogP contribution is 2.17. The van der Waals surface area contributed by atoms with Gasteiger partial charge in [0.05, 0.1) is 11.9 Å². The summed E-state index contributed by atoms with van der Waals surface area (Å²) in [6.07, 6.45) is 6.06. The molecule has 2 amide bonds. The number of aryl methyl sites for hydroxylation is 1. The molecule has 0 radical (unpaired) electrons. The fraction of sp³-hybridized carbons (Fsp3) is 0.312. The Bertz CT molecular complexity index is 646. The van der Waals surface area contributed by atoms with E-state index in [2.05, 4.69) is 25.5 Å². The van der Waals surface area contributed by atoms with Crippen LogP contribution in [0.25, 0.3) is 0 Å². The van der Waals surface area contributed by atoms with Crippen LogP contribution in [-0.4, -0.2) is 35.1 Å². The lowest BCUT2D eigenvalue weighted by Gasteiger charge is -2.18. The second-order valence-electron chi connectivity index (χ2n) is 5.41. The predicted octanol–water partition coefficient (Wildman–Crippen LogP) is 2.19. The minimum Gasteiger partial charge on any atom is -0.354 e. The Balaban J connectivity index is 1.54. The first-order valence-corrected chi connectivity index (χ1v) is 7.36. The largest absolute Gasteiger partial charge is 0.354 e. The van der Waals surface area contributed by atoms with Gasteiger partial charge >= 0.3 is 6.03 Å². The molecule has 0 aliphatic carbocycles. The fourth-order valence-electron chi connectivity index (χ4n) is 2.57. The summed E-state index contributed by atoms with van der Waals surface area (Å²) >= 11 is 0. The third-order valence-corrected chi connectivity index (χ3v) is 3.78. The fourth-order valence-corrected chi connectivity index (χ4v) is 2.57. The Morgan fingerprint density at radius 1 is 1.32 bits per heavy atom. The van der Waals surface area contributed by atoms with Crippen molar-refractivity contribution in [1.29, 1.82) is 0 Å². The van der Waals surface area contributed by atoms with E-state index in [4.69, 9.17) is 0 Å². The molecule has 0 bridgehead atoms. The van der Waals surface area contributed by atoms with E-state index < -0.39 is 0 Å². The van der Waals surface area contributed by atoms with Gasteiger partial charge < -0.3 is 15.5 Å². The van der Waals surface area contributed by atoms with Crippen LogP contribution in [0.1, 0.15) is 12.0 Å². The number of hydrogen-bond acceptors (Lipinski definition) is 4. The Morgan fingerprint density at radius 3 is 3.00 bits per heavy atom. The lowest BCUT2D eigenvalue weighted by molar-refractivity contribution is 0.249. The molecule has 22 heavy (non-hydrogen) atoms. The van der Waals surface area contributed by atoms with Gasteiger partial charge in [-0.15, -0.1) is 0 Å². The zero-order chi connectivity index (χ0) is 15.4. The van der Waals surface area contributed by atoms with Crippen LogP contribution in [-0.2, 0) is 0 Å². The molecule has 0 saturated carbocycles. The van der Waals surface area contributed by atoms with Crippen molar-refractivity contribution in [1.82, 2.24) is 15.3 Å². The minimum atomic E-state index is -0.191. The molecule has 2 N–H and O–H groups in total. The van der Waals surface area contributed by atoms with Gasteiger partial charge in [-0.3, -0.25) is 4.98 Å². The molecule has 6 heteroatoms. The highest BCUT2D eigenvalue weighted by atomic mass is 16.2. The Labute approximate surface area is 129 Å². The summed E-state index contributed by atoms with van der Waals surface area (Å²) in [6, 6.07) is 7.66. The highest BCUT2D eigenvalue weighted by molar-refractivity contribution is 5.90. The number of urea groups is 1. The first-order valence-electron chi connectivity index (χ1n) is 7.36. The van der Waals surface area contributed by atoms with E-state index in [-0.39, 0.29) is 12.1 Å². The molecular weight excluding hydrogens is 278 g/mol. The Morgan fingerprint density at radius 2 is 2.23 bits per heavy atom. The summed E-state index contributed by atoms with van der Waals surface area (Å²) in [4.78, 5) is 22.6. The minimum absolute atomic E-state index is 0.124. The monoisotopic (exact) mass is 297 g/mol. The quantitative estimate of drug-likeness (QED) is 0.911. The van der Waals surface area contributed by atoms with E-state index in [0.717, 1.165) is 36.6 Å². The number of aromatic nitrogens is 2. The number of carbonyl (C=O) groups is 1. The van der Waals surface area contributed by atoms with Gasteiger partial charge in [0.1, 0.15) is 5.82 Å². The second kappa shape index (κ2) is 6.43. The van der Waals surface area contributed by atoms with Gasteiger partial charge in [0.2, 0.25) is 0 Å². The highest BCUT2D eigenvalue weighted by Gasteiger charge is 2.24. The van der Waals surface area contributed by atoms with Crippen LogP contribution in [0.2, 0.25) is 0 Å². The maximum Gasteiger partial charge on any atom is 0.319 e. The molecule has 1 fully saturated rings. The molecule has 1 aliphatic rings. The summed E-state index contributed by atoms with van der Waals surface area (Å²) in [6.45, 7) is 3.61. The van der Waals surface area contributed by atoms with Crippen LogP contribution < -0.4 is 15.5 Å². The van der Waals surface area contributed by atoms with Gasteiger partial charge in [-0.25, -0.2) is 9.78 Å². The van der Waals surface area contributed by atoms with Gasteiger partial charge in [-0.05, 0) is 37.1 Å². The van der Waals surface area contributed by atoms with Crippen molar-refractivity contribution in [2.75, 3.05) is 23.3 Å². The van der Waals surface area contributed by atoms with Gasteiger partial charge in [0, 0.05) is 31.5 Å². The van der Waals surface area contributed by atoms with Crippen LogP contribution in [0.5, 0.6) is 0 Å². The number of nitrogens with one attached hydrogen (secondary N) is 2. The second-order valence-corrected chi connectivity index (χ2v) is 5.41. The summed E-state index contributed by atoms with van der Waals surface area (Å²) in [5, 5.41) is 5.85. The van der Waals surface area contributed by atoms with Crippen LogP contribution in [0.4, 0.5) is 16.3 Å². The van der Waals surface area contributed by atoms with Gasteiger partial charge in [0.15, 0.2) is 0 Å². The molecule has 1 atom stereocenters. The zero-order valence-corrected chi connectivity index (χ0v) is 12.5. The third-order valence-electron chi connectivity index (χ3n) is 3.78. The smallest absolute Gasteiger partial charge is 0.319 e. The van der Waals surface area contributed by atoms with Gasteiger partial charge in [0.25, 0.3) is 0 Å². The first kappa shape index (κ1) is 14.3. The zero-order valence-electron chi connectivity index (χ0n) is 12.5. The van der Waals surface area contributed by atoms with Crippen molar-refractivity contribution < 1.29 is 4.79 Å². The van der Waals surface area contributed by atoms with E-state index in [9.17, 15) is 4.79 Å². The molecule has 0 aromatic carbocycles. The molecular formula is C16H19N5O.